The standard InChI is InChI=1S/C15H25N5O/c1-13-4-3-5-14(12-13)19-7-9-20(10-8-19)15(18-16)17-6-11-21-2/h3-5,12H,6-11,16H2,1-2H3,(H,17,18). The second-order valence-corrected chi connectivity index (χ2v) is 5.16. The summed E-state index contributed by atoms with van der Waals surface area (Å²) in [6.45, 7) is 7.10. The van der Waals surface area contributed by atoms with E-state index in [-0.39, 0.29) is 0 Å². The Kier molecular flexibility index (Phi) is 5.83. The number of hydrazine groups is 1. The van der Waals surface area contributed by atoms with Gasteiger partial charge in [-0.25, -0.2) is 10.8 Å². The van der Waals surface area contributed by atoms with E-state index in [1.807, 2.05) is 0 Å². The van der Waals surface area contributed by atoms with Gasteiger partial charge in [-0.3, -0.25) is 5.43 Å². The molecule has 1 fully saturated rings. The number of hydrogen-bond acceptors (Lipinski definition) is 4. The number of methoxy groups -OCH3 is 1. The molecule has 0 radical (unpaired) electrons. The third-order valence-corrected chi connectivity index (χ3v) is 3.63. The van der Waals surface area contributed by atoms with Crippen LogP contribution in [0.5, 0.6) is 0 Å². The summed E-state index contributed by atoms with van der Waals surface area (Å²) in [6.07, 6.45) is 0. The smallest absolute Gasteiger partial charge is 0.208 e. The average Bonchev–Trinajstić information content (AvgIpc) is 2.52. The van der Waals surface area contributed by atoms with Crippen molar-refractivity contribution in [1.82, 2.24) is 10.3 Å². The minimum absolute atomic E-state index is 0.606. The fourth-order valence-electron chi connectivity index (χ4n) is 2.48. The Hall–Kier alpha value is -1.79. The van der Waals surface area contributed by atoms with Crippen LogP contribution in [-0.2, 0) is 4.74 Å². The number of aryl methyl sites for hydroxylation is 1. The van der Waals surface area contributed by atoms with Gasteiger partial charge in [0.15, 0.2) is 0 Å². The molecule has 1 aromatic rings. The summed E-state index contributed by atoms with van der Waals surface area (Å²) >= 11 is 0. The molecule has 0 spiro atoms. The first-order valence-corrected chi connectivity index (χ1v) is 7.31. The van der Waals surface area contributed by atoms with Crippen LogP contribution in [0.15, 0.2) is 29.3 Å². The Morgan fingerprint density at radius 3 is 2.71 bits per heavy atom. The van der Waals surface area contributed by atoms with Gasteiger partial charge >= 0.3 is 0 Å². The average molecular weight is 291 g/mol. The normalized spacial score (nSPS) is 16.2. The number of benzene rings is 1. The maximum absolute atomic E-state index is 5.57. The lowest BCUT2D eigenvalue weighted by molar-refractivity contribution is 0.207. The molecule has 0 saturated carbocycles. The van der Waals surface area contributed by atoms with Gasteiger partial charge in [0.2, 0.25) is 5.96 Å². The lowest BCUT2D eigenvalue weighted by atomic mass is 10.2. The molecule has 2 rings (SSSR count). The third-order valence-electron chi connectivity index (χ3n) is 3.63. The summed E-state index contributed by atoms with van der Waals surface area (Å²) in [4.78, 5) is 9.01. The number of nitrogens with two attached hydrogens (primary N) is 1. The first-order valence-electron chi connectivity index (χ1n) is 7.31. The highest BCUT2D eigenvalue weighted by molar-refractivity contribution is 5.79. The van der Waals surface area contributed by atoms with Crippen molar-refractivity contribution in [3.63, 3.8) is 0 Å². The Morgan fingerprint density at radius 2 is 2.10 bits per heavy atom. The number of nitrogens with one attached hydrogen (secondary N) is 1. The molecule has 1 saturated heterocycles. The summed E-state index contributed by atoms with van der Waals surface area (Å²) in [6, 6.07) is 8.62. The van der Waals surface area contributed by atoms with Crippen LogP contribution in [0.3, 0.4) is 0 Å². The molecule has 0 unspecified atom stereocenters. The van der Waals surface area contributed by atoms with Crippen LogP contribution in [0.4, 0.5) is 5.69 Å². The molecule has 21 heavy (non-hydrogen) atoms. The van der Waals surface area contributed by atoms with Crippen molar-refractivity contribution in [1.29, 1.82) is 0 Å². The SMILES string of the molecule is COCCN=C(NN)N1CCN(c2cccc(C)c2)CC1. The molecule has 3 N–H and O–H groups in total. The summed E-state index contributed by atoms with van der Waals surface area (Å²) in [5.41, 5.74) is 5.27. The van der Waals surface area contributed by atoms with Gasteiger partial charge in [0.25, 0.3) is 0 Å². The first-order chi connectivity index (χ1) is 10.2. The van der Waals surface area contributed by atoms with Crippen molar-refractivity contribution in [2.24, 2.45) is 10.8 Å². The molecule has 0 aliphatic carbocycles. The Balaban J connectivity index is 1.91. The van der Waals surface area contributed by atoms with Gasteiger partial charge in [0.1, 0.15) is 0 Å². The number of anilines is 1. The molecule has 116 valence electrons. The van der Waals surface area contributed by atoms with Crippen molar-refractivity contribution in [2.75, 3.05) is 51.3 Å². The van der Waals surface area contributed by atoms with E-state index < -0.39 is 0 Å². The minimum atomic E-state index is 0.606. The van der Waals surface area contributed by atoms with Crippen LogP contribution in [0.2, 0.25) is 0 Å². The fourth-order valence-corrected chi connectivity index (χ4v) is 2.48. The summed E-state index contributed by atoms with van der Waals surface area (Å²) < 4.78 is 5.01. The molecule has 1 heterocycles. The molecule has 1 aromatic carbocycles. The highest BCUT2D eigenvalue weighted by atomic mass is 16.5. The van der Waals surface area contributed by atoms with E-state index in [4.69, 9.17) is 10.6 Å². The van der Waals surface area contributed by atoms with E-state index in [1.165, 1.54) is 11.3 Å². The molecular weight excluding hydrogens is 266 g/mol. The molecule has 0 atom stereocenters. The topological polar surface area (TPSA) is 66.1 Å². The second kappa shape index (κ2) is 7.85. The maximum Gasteiger partial charge on any atom is 0.208 e. The zero-order valence-electron chi connectivity index (χ0n) is 12.9. The van der Waals surface area contributed by atoms with Crippen LogP contribution < -0.4 is 16.2 Å². The van der Waals surface area contributed by atoms with E-state index in [2.05, 4.69) is 51.4 Å². The highest BCUT2D eigenvalue weighted by Gasteiger charge is 2.19. The van der Waals surface area contributed by atoms with Gasteiger partial charge in [0.05, 0.1) is 13.2 Å². The molecule has 6 heteroatoms. The van der Waals surface area contributed by atoms with Crippen LogP contribution >= 0.6 is 0 Å². The lowest BCUT2D eigenvalue weighted by Gasteiger charge is -2.37. The van der Waals surface area contributed by atoms with Crippen LogP contribution in [0.25, 0.3) is 0 Å². The highest BCUT2D eigenvalue weighted by Crippen LogP contribution is 2.17. The van der Waals surface area contributed by atoms with Gasteiger partial charge in [-0.15, -0.1) is 0 Å². The van der Waals surface area contributed by atoms with E-state index in [9.17, 15) is 0 Å². The van der Waals surface area contributed by atoms with E-state index in [0.717, 1.165) is 32.1 Å². The summed E-state index contributed by atoms with van der Waals surface area (Å²) in [5, 5.41) is 0. The minimum Gasteiger partial charge on any atom is -0.383 e. The Bertz CT molecular complexity index is 469. The molecule has 0 amide bonds. The van der Waals surface area contributed by atoms with E-state index in [1.54, 1.807) is 7.11 Å². The Labute approximate surface area is 126 Å². The second-order valence-electron chi connectivity index (χ2n) is 5.16. The van der Waals surface area contributed by atoms with Crippen LogP contribution in [0, 0.1) is 6.92 Å². The number of piperazine rings is 1. The van der Waals surface area contributed by atoms with Gasteiger partial charge in [-0.05, 0) is 24.6 Å². The van der Waals surface area contributed by atoms with Crippen molar-refractivity contribution in [3.8, 4) is 0 Å². The molecule has 0 bridgehead atoms. The van der Waals surface area contributed by atoms with Gasteiger partial charge in [-0.1, -0.05) is 12.1 Å². The number of nitrogens with zero attached hydrogens (tertiary/aromatic N) is 3. The van der Waals surface area contributed by atoms with Crippen molar-refractivity contribution in [2.45, 2.75) is 6.92 Å². The summed E-state index contributed by atoms with van der Waals surface area (Å²) in [5.74, 6) is 6.32. The molecule has 1 aliphatic heterocycles. The predicted molar refractivity (Wildman–Crippen MR) is 86.5 cm³/mol. The number of ether oxygens (including phenoxy) is 1. The lowest BCUT2D eigenvalue weighted by Crippen LogP contribution is -2.54. The van der Waals surface area contributed by atoms with Gasteiger partial charge < -0.3 is 14.5 Å². The largest absolute Gasteiger partial charge is 0.383 e. The number of hydrogen-bond donors (Lipinski definition) is 2. The summed E-state index contributed by atoms with van der Waals surface area (Å²) in [7, 11) is 1.67. The zero-order valence-corrected chi connectivity index (χ0v) is 12.9. The van der Waals surface area contributed by atoms with Crippen LogP contribution in [0.1, 0.15) is 5.56 Å². The van der Waals surface area contributed by atoms with Gasteiger partial charge in [-0.2, -0.15) is 0 Å². The molecular formula is C15H25N5O. The molecule has 6 nitrogen and oxygen atoms in total. The van der Waals surface area contributed by atoms with Crippen molar-refractivity contribution >= 4 is 11.6 Å². The van der Waals surface area contributed by atoms with Crippen molar-refractivity contribution in [3.05, 3.63) is 29.8 Å². The van der Waals surface area contributed by atoms with Crippen molar-refractivity contribution < 1.29 is 4.74 Å². The predicted octanol–water partition coefficient (Wildman–Crippen LogP) is 0.583. The molecule has 1 aliphatic rings. The van der Waals surface area contributed by atoms with Crippen LogP contribution in [-0.4, -0.2) is 57.3 Å². The number of aliphatic imine (C=N–C) groups is 1. The quantitative estimate of drug-likeness (QED) is 0.279. The zero-order chi connectivity index (χ0) is 15.1. The Morgan fingerprint density at radius 1 is 1.33 bits per heavy atom. The van der Waals surface area contributed by atoms with Gasteiger partial charge in [0, 0.05) is 39.0 Å². The maximum atomic E-state index is 5.57. The van der Waals surface area contributed by atoms with E-state index in [0.29, 0.717) is 13.2 Å². The monoisotopic (exact) mass is 291 g/mol. The first kappa shape index (κ1) is 15.6. The third kappa shape index (κ3) is 4.34. The fraction of sp³-hybridized carbons (Fsp3) is 0.533. The molecule has 0 aromatic heterocycles. The number of guanidine groups is 1. The van der Waals surface area contributed by atoms with E-state index >= 15 is 0 Å². The number of rotatable bonds is 4.